The van der Waals surface area contributed by atoms with Crippen LogP contribution in [0.15, 0.2) is 31.0 Å². The Morgan fingerprint density at radius 3 is 3.12 bits per heavy atom. The third-order valence-electron chi connectivity index (χ3n) is 2.02. The SMILES string of the molecule is C=C[C@H](CO)Nc1ncccc1C(=O)OC. The van der Waals surface area contributed by atoms with Crippen molar-refractivity contribution in [2.75, 3.05) is 19.0 Å². The van der Waals surface area contributed by atoms with E-state index in [0.29, 0.717) is 11.4 Å². The van der Waals surface area contributed by atoms with Crippen molar-refractivity contribution in [1.82, 2.24) is 4.98 Å². The van der Waals surface area contributed by atoms with Gasteiger partial charge in [-0.2, -0.15) is 0 Å². The van der Waals surface area contributed by atoms with Crippen LogP contribution in [0.5, 0.6) is 0 Å². The second kappa shape index (κ2) is 5.87. The minimum atomic E-state index is -0.476. The molecule has 0 saturated carbocycles. The molecule has 0 unspecified atom stereocenters. The number of nitrogens with zero attached hydrogens (tertiary/aromatic N) is 1. The molecule has 1 atom stereocenters. The van der Waals surface area contributed by atoms with Crippen LogP contribution < -0.4 is 5.32 Å². The summed E-state index contributed by atoms with van der Waals surface area (Å²) in [4.78, 5) is 15.4. The average Bonchev–Trinajstić information content (AvgIpc) is 2.35. The van der Waals surface area contributed by atoms with Gasteiger partial charge in [0.2, 0.25) is 0 Å². The number of ether oxygens (including phenoxy) is 1. The van der Waals surface area contributed by atoms with Gasteiger partial charge in [-0.3, -0.25) is 0 Å². The van der Waals surface area contributed by atoms with Crippen molar-refractivity contribution in [1.29, 1.82) is 0 Å². The molecule has 0 radical (unpaired) electrons. The van der Waals surface area contributed by atoms with Crippen molar-refractivity contribution >= 4 is 11.8 Å². The summed E-state index contributed by atoms with van der Waals surface area (Å²) in [6.45, 7) is 3.43. The summed E-state index contributed by atoms with van der Waals surface area (Å²) in [5.74, 6) is -0.107. The lowest BCUT2D eigenvalue weighted by atomic mass is 10.2. The molecule has 1 rings (SSSR count). The van der Waals surface area contributed by atoms with Gasteiger partial charge in [0.15, 0.2) is 0 Å². The van der Waals surface area contributed by atoms with Crippen LogP contribution in [-0.4, -0.2) is 35.8 Å². The normalized spacial score (nSPS) is 11.6. The fraction of sp³-hybridized carbons (Fsp3) is 0.273. The highest BCUT2D eigenvalue weighted by atomic mass is 16.5. The van der Waals surface area contributed by atoms with Gasteiger partial charge in [0.05, 0.1) is 19.8 Å². The van der Waals surface area contributed by atoms with Crippen LogP contribution in [0.2, 0.25) is 0 Å². The van der Waals surface area contributed by atoms with Crippen molar-refractivity contribution < 1.29 is 14.6 Å². The lowest BCUT2D eigenvalue weighted by molar-refractivity contribution is 0.0601. The summed E-state index contributed by atoms with van der Waals surface area (Å²) >= 11 is 0. The molecule has 16 heavy (non-hydrogen) atoms. The van der Waals surface area contributed by atoms with Crippen molar-refractivity contribution in [3.8, 4) is 0 Å². The van der Waals surface area contributed by atoms with Gasteiger partial charge in [-0.15, -0.1) is 6.58 Å². The lowest BCUT2D eigenvalue weighted by Crippen LogP contribution is -2.23. The zero-order chi connectivity index (χ0) is 12.0. The summed E-state index contributed by atoms with van der Waals surface area (Å²) < 4.78 is 4.62. The first-order valence-electron chi connectivity index (χ1n) is 4.76. The molecule has 0 saturated heterocycles. The van der Waals surface area contributed by atoms with E-state index in [9.17, 15) is 4.79 Å². The Hall–Kier alpha value is -1.88. The maximum absolute atomic E-state index is 11.4. The highest BCUT2D eigenvalue weighted by Crippen LogP contribution is 2.13. The molecule has 0 aromatic carbocycles. The first-order chi connectivity index (χ1) is 7.72. The van der Waals surface area contributed by atoms with Gasteiger partial charge in [-0.05, 0) is 12.1 Å². The average molecular weight is 222 g/mol. The van der Waals surface area contributed by atoms with Crippen molar-refractivity contribution in [3.05, 3.63) is 36.5 Å². The first kappa shape index (κ1) is 12.2. The van der Waals surface area contributed by atoms with Crippen LogP contribution in [0, 0.1) is 0 Å². The maximum atomic E-state index is 11.4. The van der Waals surface area contributed by atoms with Crippen molar-refractivity contribution in [3.63, 3.8) is 0 Å². The summed E-state index contributed by atoms with van der Waals surface area (Å²) in [6, 6.07) is 2.89. The monoisotopic (exact) mass is 222 g/mol. The summed E-state index contributed by atoms with van der Waals surface area (Å²) in [7, 11) is 1.30. The Balaban J connectivity index is 2.94. The summed E-state index contributed by atoms with van der Waals surface area (Å²) in [6.07, 6.45) is 3.09. The van der Waals surface area contributed by atoms with E-state index in [2.05, 4.69) is 21.6 Å². The number of nitrogens with one attached hydrogen (secondary N) is 1. The van der Waals surface area contributed by atoms with E-state index in [-0.39, 0.29) is 12.6 Å². The predicted molar refractivity (Wildman–Crippen MR) is 60.3 cm³/mol. The summed E-state index contributed by atoms with van der Waals surface area (Å²) in [5.41, 5.74) is 0.324. The van der Waals surface area contributed by atoms with E-state index in [1.54, 1.807) is 18.3 Å². The minimum absolute atomic E-state index is 0.124. The van der Waals surface area contributed by atoms with Gasteiger partial charge in [-0.25, -0.2) is 9.78 Å². The Kier molecular flexibility index (Phi) is 4.47. The molecule has 0 aliphatic heterocycles. The zero-order valence-corrected chi connectivity index (χ0v) is 9.01. The Bertz CT molecular complexity index is 379. The van der Waals surface area contributed by atoms with Crippen molar-refractivity contribution in [2.45, 2.75) is 6.04 Å². The third kappa shape index (κ3) is 2.80. The van der Waals surface area contributed by atoms with Crippen LogP contribution in [0.3, 0.4) is 0 Å². The molecule has 0 aliphatic carbocycles. The highest BCUT2D eigenvalue weighted by Gasteiger charge is 2.14. The number of aliphatic hydroxyl groups excluding tert-OH is 1. The van der Waals surface area contributed by atoms with E-state index >= 15 is 0 Å². The molecular formula is C11H14N2O3. The molecule has 0 aliphatic rings. The number of anilines is 1. The first-order valence-corrected chi connectivity index (χ1v) is 4.76. The topological polar surface area (TPSA) is 71.5 Å². The Labute approximate surface area is 93.8 Å². The van der Waals surface area contributed by atoms with Gasteiger partial charge in [0.1, 0.15) is 11.4 Å². The van der Waals surface area contributed by atoms with Gasteiger partial charge < -0.3 is 15.2 Å². The number of carbonyl (C=O) groups excluding carboxylic acids is 1. The van der Waals surface area contributed by atoms with Crippen LogP contribution in [-0.2, 0) is 4.74 Å². The number of esters is 1. The van der Waals surface area contributed by atoms with E-state index in [4.69, 9.17) is 5.11 Å². The number of pyridine rings is 1. The highest BCUT2D eigenvalue weighted by molar-refractivity contribution is 5.94. The van der Waals surface area contributed by atoms with Crippen LogP contribution >= 0.6 is 0 Å². The van der Waals surface area contributed by atoms with Crippen molar-refractivity contribution in [2.24, 2.45) is 0 Å². The molecule has 0 amide bonds. The van der Waals surface area contributed by atoms with Gasteiger partial charge in [0, 0.05) is 6.20 Å². The molecule has 0 spiro atoms. The largest absolute Gasteiger partial charge is 0.465 e. The van der Waals surface area contributed by atoms with E-state index in [1.807, 2.05) is 0 Å². The zero-order valence-electron chi connectivity index (χ0n) is 9.01. The molecule has 1 heterocycles. The number of hydrogen-bond donors (Lipinski definition) is 2. The molecular weight excluding hydrogens is 208 g/mol. The van der Waals surface area contributed by atoms with Crippen LogP contribution in [0.25, 0.3) is 0 Å². The number of rotatable bonds is 5. The van der Waals surface area contributed by atoms with E-state index < -0.39 is 5.97 Å². The van der Waals surface area contributed by atoms with E-state index in [0.717, 1.165) is 0 Å². The smallest absolute Gasteiger partial charge is 0.341 e. The quantitative estimate of drug-likeness (QED) is 0.570. The van der Waals surface area contributed by atoms with Gasteiger partial charge >= 0.3 is 5.97 Å². The Morgan fingerprint density at radius 2 is 2.56 bits per heavy atom. The third-order valence-corrected chi connectivity index (χ3v) is 2.02. The van der Waals surface area contributed by atoms with Crippen LogP contribution in [0.4, 0.5) is 5.82 Å². The second-order valence-corrected chi connectivity index (χ2v) is 3.06. The second-order valence-electron chi connectivity index (χ2n) is 3.06. The lowest BCUT2D eigenvalue weighted by Gasteiger charge is -2.14. The van der Waals surface area contributed by atoms with Crippen LogP contribution in [0.1, 0.15) is 10.4 Å². The molecule has 2 N–H and O–H groups in total. The number of aliphatic hydroxyl groups is 1. The van der Waals surface area contributed by atoms with Gasteiger partial charge in [-0.1, -0.05) is 6.08 Å². The van der Waals surface area contributed by atoms with E-state index in [1.165, 1.54) is 13.2 Å². The summed E-state index contributed by atoms with van der Waals surface area (Å²) in [5, 5.41) is 11.9. The number of carbonyl (C=O) groups is 1. The molecule has 0 fully saturated rings. The number of hydrogen-bond acceptors (Lipinski definition) is 5. The fourth-order valence-corrected chi connectivity index (χ4v) is 1.15. The fourth-order valence-electron chi connectivity index (χ4n) is 1.15. The molecule has 1 aromatic heterocycles. The number of methoxy groups -OCH3 is 1. The Morgan fingerprint density at radius 1 is 1.81 bits per heavy atom. The van der Waals surface area contributed by atoms with Gasteiger partial charge in [0.25, 0.3) is 0 Å². The predicted octanol–water partition coefficient (Wildman–Crippen LogP) is 0.827. The molecule has 5 nitrogen and oxygen atoms in total. The standard InChI is InChI=1S/C11H14N2O3/c1-3-8(7-14)13-10-9(11(15)16-2)5-4-6-12-10/h3-6,8,14H,1,7H2,2H3,(H,12,13)/t8-/m1/s1. The molecule has 86 valence electrons. The molecule has 5 heteroatoms. The maximum Gasteiger partial charge on any atom is 0.341 e. The molecule has 0 bridgehead atoms. The number of aromatic nitrogens is 1. The molecule has 1 aromatic rings. The minimum Gasteiger partial charge on any atom is -0.465 e.